The number of rotatable bonds is 5. The lowest BCUT2D eigenvalue weighted by molar-refractivity contribution is 0.352. The highest BCUT2D eigenvalue weighted by Gasteiger charge is 2.12. The van der Waals surface area contributed by atoms with Gasteiger partial charge in [0.15, 0.2) is 11.5 Å². The summed E-state index contributed by atoms with van der Waals surface area (Å²) in [7, 11) is 7.46. The van der Waals surface area contributed by atoms with E-state index in [9.17, 15) is 0 Å². The van der Waals surface area contributed by atoms with Crippen molar-refractivity contribution in [2.24, 2.45) is 0 Å². The van der Waals surface area contributed by atoms with Crippen molar-refractivity contribution in [3.63, 3.8) is 0 Å². The Bertz CT molecular complexity index is 579. The van der Waals surface area contributed by atoms with E-state index in [1.54, 1.807) is 14.2 Å². The van der Waals surface area contributed by atoms with Crippen LogP contribution in [0.25, 0.3) is 0 Å². The molecule has 3 heteroatoms. The zero-order chi connectivity index (χ0) is 14.5. The van der Waals surface area contributed by atoms with E-state index in [4.69, 9.17) is 9.47 Å². The molecule has 0 atom stereocenters. The van der Waals surface area contributed by atoms with Gasteiger partial charge in [0.25, 0.3) is 0 Å². The molecule has 0 spiro atoms. The molecule has 0 aliphatic heterocycles. The Labute approximate surface area is 120 Å². The maximum absolute atomic E-state index is 5.50. The van der Waals surface area contributed by atoms with Gasteiger partial charge in [0, 0.05) is 31.8 Å². The minimum absolute atomic E-state index is 0.771. The van der Waals surface area contributed by atoms with Crippen molar-refractivity contribution in [2.45, 2.75) is 6.42 Å². The van der Waals surface area contributed by atoms with E-state index in [1.165, 1.54) is 11.3 Å². The summed E-state index contributed by atoms with van der Waals surface area (Å²) in [6.45, 7) is 0. The molecule has 2 rings (SSSR count). The average Bonchev–Trinajstić information content (AvgIpc) is 2.47. The number of anilines is 1. The Morgan fingerprint density at radius 2 is 1.55 bits per heavy atom. The van der Waals surface area contributed by atoms with Crippen LogP contribution in [0.4, 0.5) is 5.69 Å². The minimum Gasteiger partial charge on any atom is -0.493 e. The number of hydrogen-bond donors (Lipinski definition) is 0. The lowest BCUT2D eigenvalue weighted by atomic mass is 10.0. The van der Waals surface area contributed by atoms with Crippen LogP contribution in [0.1, 0.15) is 11.1 Å². The molecule has 0 aromatic heterocycles. The van der Waals surface area contributed by atoms with Gasteiger partial charge in [0.05, 0.1) is 14.2 Å². The summed E-state index contributed by atoms with van der Waals surface area (Å²) in [5, 5.41) is 0. The first-order valence-corrected chi connectivity index (χ1v) is 6.62. The van der Waals surface area contributed by atoms with Crippen LogP contribution in [0.5, 0.6) is 11.5 Å². The van der Waals surface area contributed by atoms with Crippen LogP contribution in [-0.2, 0) is 6.42 Å². The number of ether oxygens (including phenoxy) is 2. The summed E-state index contributed by atoms with van der Waals surface area (Å²) in [5.41, 5.74) is 3.61. The number of benzene rings is 2. The average molecular weight is 271 g/mol. The van der Waals surface area contributed by atoms with Crippen molar-refractivity contribution in [3.8, 4) is 11.5 Å². The van der Waals surface area contributed by atoms with E-state index in [0.29, 0.717) is 0 Å². The molecule has 106 valence electrons. The van der Waals surface area contributed by atoms with Gasteiger partial charge in [0.2, 0.25) is 0 Å². The Kier molecular flexibility index (Phi) is 4.51. The number of hydrogen-bond acceptors (Lipinski definition) is 3. The maximum Gasteiger partial charge on any atom is 0.164 e. The molecule has 0 unspecified atom stereocenters. The minimum atomic E-state index is 0.771. The molecule has 0 N–H and O–H groups in total. The van der Waals surface area contributed by atoms with Crippen molar-refractivity contribution in [3.05, 3.63) is 53.6 Å². The lowest BCUT2D eigenvalue weighted by Crippen LogP contribution is -2.11. The highest BCUT2D eigenvalue weighted by molar-refractivity contribution is 5.56. The van der Waals surface area contributed by atoms with E-state index in [2.05, 4.69) is 49.3 Å². The summed E-state index contributed by atoms with van der Waals surface area (Å²) >= 11 is 0. The lowest BCUT2D eigenvalue weighted by Gasteiger charge is -2.18. The molecule has 3 nitrogen and oxygen atoms in total. The molecule has 0 saturated carbocycles. The number of methoxy groups -OCH3 is 2. The van der Waals surface area contributed by atoms with Crippen molar-refractivity contribution < 1.29 is 9.47 Å². The Hall–Kier alpha value is -2.16. The van der Waals surface area contributed by atoms with Gasteiger partial charge >= 0.3 is 0 Å². The summed E-state index contributed by atoms with van der Waals surface area (Å²) in [6.07, 6.45) is 0.814. The Morgan fingerprint density at radius 3 is 2.20 bits per heavy atom. The van der Waals surface area contributed by atoms with Gasteiger partial charge in [-0.15, -0.1) is 0 Å². The van der Waals surface area contributed by atoms with E-state index < -0.39 is 0 Å². The van der Waals surface area contributed by atoms with E-state index in [1.807, 2.05) is 12.1 Å². The smallest absolute Gasteiger partial charge is 0.164 e. The quantitative estimate of drug-likeness (QED) is 0.832. The van der Waals surface area contributed by atoms with Crippen LogP contribution in [0.2, 0.25) is 0 Å². The highest BCUT2D eigenvalue weighted by Crippen LogP contribution is 2.33. The van der Waals surface area contributed by atoms with Crippen LogP contribution in [0, 0.1) is 0 Å². The second-order valence-corrected chi connectivity index (χ2v) is 4.85. The molecule has 0 bridgehead atoms. The van der Waals surface area contributed by atoms with Crippen molar-refractivity contribution in [1.82, 2.24) is 0 Å². The molecule has 0 fully saturated rings. The first-order chi connectivity index (χ1) is 9.67. The highest BCUT2D eigenvalue weighted by atomic mass is 16.5. The zero-order valence-corrected chi connectivity index (χ0v) is 12.5. The van der Waals surface area contributed by atoms with Crippen LogP contribution in [0.15, 0.2) is 42.5 Å². The van der Waals surface area contributed by atoms with Crippen molar-refractivity contribution >= 4 is 5.69 Å². The molecular formula is C17H21NO2. The number of nitrogens with zero attached hydrogens (tertiary/aromatic N) is 1. The van der Waals surface area contributed by atoms with Gasteiger partial charge in [-0.1, -0.05) is 30.3 Å². The third kappa shape index (κ3) is 2.87. The summed E-state index contributed by atoms with van der Waals surface area (Å²) in [5.74, 6) is 1.58. The molecule has 0 amide bonds. The fourth-order valence-corrected chi connectivity index (χ4v) is 2.39. The van der Waals surface area contributed by atoms with Gasteiger partial charge in [-0.05, 0) is 17.7 Å². The van der Waals surface area contributed by atoms with Gasteiger partial charge in [-0.25, -0.2) is 0 Å². The Morgan fingerprint density at radius 1 is 0.850 bits per heavy atom. The standard InChI is InChI=1S/C17H21NO2/c1-18(2)15-10-6-5-8-13(15)12-14-9-7-11-16(19-3)17(14)20-4/h5-11H,12H2,1-4H3. The van der Waals surface area contributed by atoms with Gasteiger partial charge < -0.3 is 14.4 Å². The van der Waals surface area contributed by atoms with Crippen LogP contribution >= 0.6 is 0 Å². The first kappa shape index (κ1) is 14.3. The molecular weight excluding hydrogens is 250 g/mol. The first-order valence-electron chi connectivity index (χ1n) is 6.62. The van der Waals surface area contributed by atoms with Gasteiger partial charge in [-0.2, -0.15) is 0 Å². The molecule has 2 aromatic rings. The third-order valence-electron chi connectivity index (χ3n) is 3.34. The van der Waals surface area contributed by atoms with Gasteiger partial charge in [-0.3, -0.25) is 0 Å². The molecule has 20 heavy (non-hydrogen) atoms. The van der Waals surface area contributed by atoms with E-state index >= 15 is 0 Å². The molecule has 2 aromatic carbocycles. The molecule has 0 radical (unpaired) electrons. The van der Waals surface area contributed by atoms with Crippen molar-refractivity contribution in [1.29, 1.82) is 0 Å². The topological polar surface area (TPSA) is 21.7 Å². The fraction of sp³-hybridized carbons (Fsp3) is 0.294. The SMILES string of the molecule is COc1cccc(Cc2ccccc2N(C)C)c1OC. The van der Waals surface area contributed by atoms with Gasteiger partial charge in [0.1, 0.15) is 0 Å². The van der Waals surface area contributed by atoms with Crippen LogP contribution in [-0.4, -0.2) is 28.3 Å². The zero-order valence-electron chi connectivity index (χ0n) is 12.5. The Balaban J connectivity index is 2.40. The third-order valence-corrected chi connectivity index (χ3v) is 3.34. The summed E-state index contributed by atoms with van der Waals surface area (Å²) in [6, 6.07) is 14.4. The predicted octanol–water partition coefficient (Wildman–Crippen LogP) is 3.36. The maximum atomic E-state index is 5.50. The largest absolute Gasteiger partial charge is 0.493 e. The van der Waals surface area contributed by atoms with Crippen LogP contribution in [0.3, 0.4) is 0 Å². The molecule has 0 saturated heterocycles. The molecule has 0 heterocycles. The normalized spacial score (nSPS) is 10.2. The fourth-order valence-electron chi connectivity index (χ4n) is 2.39. The second kappa shape index (κ2) is 6.33. The van der Waals surface area contributed by atoms with E-state index in [-0.39, 0.29) is 0 Å². The second-order valence-electron chi connectivity index (χ2n) is 4.85. The van der Waals surface area contributed by atoms with Crippen LogP contribution < -0.4 is 14.4 Å². The number of para-hydroxylation sites is 2. The van der Waals surface area contributed by atoms with Crippen molar-refractivity contribution in [2.75, 3.05) is 33.2 Å². The summed E-state index contributed by atoms with van der Waals surface area (Å²) in [4.78, 5) is 2.13. The molecule has 0 aliphatic carbocycles. The summed E-state index contributed by atoms with van der Waals surface area (Å²) < 4.78 is 10.9. The van der Waals surface area contributed by atoms with E-state index in [0.717, 1.165) is 23.5 Å². The molecule has 0 aliphatic rings. The monoisotopic (exact) mass is 271 g/mol. The predicted molar refractivity (Wildman–Crippen MR) is 83.1 cm³/mol.